The maximum Gasteiger partial charge on any atom is 0.115 e. The topological polar surface area (TPSA) is 35.8 Å². The molecule has 25 heavy (non-hydrogen) atoms. The third-order valence-electron chi connectivity index (χ3n) is 4.57. The fourth-order valence-electron chi connectivity index (χ4n) is 3.18. The van der Waals surface area contributed by atoms with Crippen molar-refractivity contribution < 1.29 is 5.11 Å². The summed E-state index contributed by atoms with van der Waals surface area (Å²) >= 11 is 0. The van der Waals surface area contributed by atoms with Gasteiger partial charge in [0.2, 0.25) is 0 Å². The summed E-state index contributed by atoms with van der Waals surface area (Å²) in [5.74, 6) is 1.32. The predicted octanol–water partition coefficient (Wildman–Crippen LogP) is 5.38. The maximum absolute atomic E-state index is 9.59. The summed E-state index contributed by atoms with van der Waals surface area (Å²) in [6, 6.07) is 26.3. The van der Waals surface area contributed by atoms with E-state index < -0.39 is 0 Å². The number of benzene rings is 3. The van der Waals surface area contributed by atoms with Crippen molar-refractivity contribution >= 4 is 17.2 Å². The number of nitrogens with zero attached hydrogens (tertiary/aromatic N) is 2. The van der Waals surface area contributed by atoms with Crippen LogP contribution in [-0.4, -0.2) is 10.9 Å². The molecule has 1 N–H and O–H groups in total. The minimum atomic E-state index is 0.271. The molecule has 1 aliphatic rings. The van der Waals surface area contributed by atoms with E-state index in [4.69, 9.17) is 4.99 Å². The molecule has 124 valence electrons. The van der Waals surface area contributed by atoms with E-state index in [9.17, 15) is 5.11 Å². The Hall–Kier alpha value is -3.07. The van der Waals surface area contributed by atoms with Crippen LogP contribution in [-0.2, 0) is 0 Å². The zero-order valence-corrected chi connectivity index (χ0v) is 14.1. The average Bonchev–Trinajstić information content (AvgIpc) is 2.62. The Labute approximate surface area is 147 Å². The smallest absolute Gasteiger partial charge is 0.115 e. The quantitative estimate of drug-likeness (QED) is 0.700. The Balaban J connectivity index is 1.70. The highest BCUT2D eigenvalue weighted by Gasteiger charge is 2.36. The number of hydrogen-bond donors (Lipinski definition) is 1. The normalized spacial score (nSPS) is 18.2. The highest BCUT2D eigenvalue weighted by Crippen LogP contribution is 2.41. The highest BCUT2D eigenvalue weighted by molar-refractivity contribution is 6.06. The molecule has 0 radical (unpaired) electrons. The van der Waals surface area contributed by atoms with Crippen molar-refractivity contribution in [3.63, 3.8) is 0 Å². The molecule has 0 bridgehead atoms. The van der Waals surface area contributed by atoms with Gasteiger partial charge in [-0.25, -0.2) is 4.99 Å². The van der Waals surface area contributed by atoms with Crippen molar-refractivity contribution in [2.45, 2.75) is 19.4 Å². The van der Waals surface area contributed by atoms with Crippen molar-refractivity contribution in [3.8, 4) is 5.75 Å². The molecule has 0 amide bonds. The number of amidine groups is 1. The summed E-state index contributed by atoms with van der Waals surface area (Å²) in [5, 5.41) is 9.59. The van der Waals surface area contributed by atoms with Crippen LogP contribution in [0.15, 0.2) is 83.9 Å². The molecule has 1 fully saturated rings. The Kier molecular flexibility index (Phi) is 3.98. The lowest BCUT2D eigenvalue weighted by molar-refractivity contribution is 0.475. The first kappa shape index (κ1) is 15.5. The van der Waals surface area contributed by atoms with Gasteiger partial charge in [0, 0.05) is 12.1 Å². The van der Waals surface area contributed by atoms with Gasteiger partial charge in [-0.05, 0) is 48.9 Å². The predicted molar refractivity (Wildman–Crippen MR) is 103 cm³/mol. The Morgan fingerprint density at radius 3 is 2.24 bits per heavy atom. The molecule has 4 rings (SSSR count). The molecule has 0 spiro atoms. The second kappa shape index (κ2) is 6.44. The number of anilines is 1. The second-order valence-corrected chi connectivity index (χ2v) is 6.38. The molecule has 0 aliphatic carbocycles. The van der Waals surface area contributed by atoms with Crippen molar-refractivity contribution in [2.24, 2.45) is 4.99 Å². The number of aryl methyl sites for hydroxylation is 1. The zero-order chi connectivity index (χ0) is 17.2. The van der Waals surface area contributed by atoms with Gasteiger partial charge in [0.25, 0.3) is 0 Å². The summed E-state index contributed by atoms with van der Waals surface area (Å²) in [6.07, 6.45) is 0.902. The van der Waals surface area contributed by atoms with Gasteiger partial charge in [0.15, 0.2) is 0 Å². The lowest BCUT2D eigenvalue weighted by Crippen LogP contribution is -2.46. The summed E-state index contributed by atoms with van der Waals surface area (Å²) in [6.45, 7) is 2.10. The van der Waals surface area contributed by atoms with Gasteiger partial charge >= 0.3 is 0 Å². The van der Waals surface area contributed by atoms with Crippen molar-refractivity contribution in [1.82, 2.24) is 0 Å². The molecule has 3 aromatic carbocycles. The van der Waals surface area contributed by atoms with Crippen molar-refractivity contribution in [1.29, 1.82) is 0 Å². The third-order valence-corrected chi connectivity index (χ3v) is 4.57. The van der Waals surface area contributed by atoms with Gasteiger partial charge in [-0.15, -0.1) is 0 Å². The number of phenolic OH excluding ortho intramolecular Hbond substituents is 1. The number of phenols is 1. The van der Waals surface area contributed by atoms with Crippen LogP contribution in [0.1, 0.15) is 23.6 Å². The van der Waals surface area contributed by atoms with Gasteiger partial charge in [-0.1, -0.05) is 48.0 Å². The number of hydrogen-bond acceptors (Lipinski definition) is 2. The number of aromatic hydroxyl groups is 1. The summed E-state index contributed by atoms with van der Waals surface area (Å²) in [7, 11) is 0. The first-order valence-corrected chi connectivity index (χ1v) is 8.48. The highest BCUT2D eigenvalue weighted by atomic mass is 16.3. The van der Waals surface area contributed by atoms with E-state index >= 15 is 0 Å². The third kappa shape index (κ3) is 3.13. The Morgan fingerprint density at radius 2 is 1.56 bits per heavy atom. The molecular formula is C22H20N2O. The molecule has 0 saturated carbocycles. The number of rotatable bonds is 3. The Bertz CT molecular complexity index is 884. The van der Waals surface area contributed by atoms with E-state index in [0.717, 1.165) is 23.6 Å². The summed E-state index contributed by atoms with van der Waals surface area (Å²) in [5.41, 5.74) is 4.55. The maximum atomic E-state index is 9.59. The van der Waals surface area contributed by atoms with E-state index in [2.05, 4.69) is 36.1 Å². The van der Waals surface area contributed by atoms with Gasteiger partial charge in [0.05, 0.1) is 11.7 Å². The van der Waals surface area contributed by atoms with Crippen molar-refractivity contribution in [3.05, 3.63) is 90.0 Å². The number of para-hydroxylation sites is 1. The summed E-state index contributed by atoms with van der Waals surface area (Å²) in [4.78, 5) is 7.07. The van der Waals surface area contributed by atoms with Crippen LogP contribution >= 0.6 is 0 Å². The zero-order valence-electron chi connectivity index (χ0n) is 14.1. The minimum Gasteiger partial charge on any atom is -0.508 e. The van der Waals surface area contributed by atoms with Crippen molar-refractivity contribution in [2.75, 3.05) is 4.90 Å². The molecule has 1 unspecified atom stereocenters. The molecule has 3 aromatic rings. The first-order valence-electron chi connectivity index (χ1n) is 8.48. The molecule has 1 heterocycles. The lowest BCUT2D eigenvalue weighted by Gasteiger charge is -2.44. The fraction of sp³-hybridized carbons (Fsp3) is 0.136. The van der Waals surface area contributed by atoms with Crippen LogP contribution in [0.2, 0.25) is 0 Å². The molecule has 0 aromatic heterocycles. The van der Waals surface area contributed by atoms with Gasteiger partial charge in [0.1, 0.15) is 11.6 Å². The van der Waals surface area contributed by atoms with Crippen LogP contribution in [0.5, 0.6) is 5.75 Å². The molecular weight excluding hydrogens is 308 g/mol. The molecule has 3 heteroatoms. The molecule has 1 saturated heterocycles. The molecule has 1 atom stereocenters. The van der Waals surface area contributed by atoms with Crippen LogP contribution in [0.4, 0.5) is 11.4 Å². The summed E-state index contributed by atoms with van der Waals surface area (Å²) < 4.78 is 0. The van der Waals surface area contributed by atoms with Gasteiger partial charge in [-0.3, -0.25) is 0 Å². The van der Waals surface area contributed by atoms with Crippen LogP contribution in [0.25, 0.3) is 0 Å². The standard InChI is InChI=1S/C22H20N2O/c1-16-7-9-17(10-8-16)21-15-22(23-18-5-3-2-4-6-18)24(21)19-11-13-20(25)14-12-19/h2-14,21,25H,15H2,1H3. The van der Waals surface area contributed by atoms with Crippen LogP contribution in [0, 0.1) is 6.92 Å². The minimum absolute atomic E-state index is 0.271. The molecule has 3 nitrogen and oxygen atoms in total. The molecule has 1 aliphatic heterocycles. The average molecular weight is 328 g/mol. The van der Waals surface area contributed by atoms with E-state index in [-0.39, 0.29) is 11.8 Å². The first-order chi connectivity index (χ1) is 12.2. The van der Waals surface area contributed by atoms with E-state index in [1.807, 2.05) is 42.5 Å². The second-order valence-electron chi connectivity index (χ2n) is 6.38. The largest absolute Gasteiger partial charge is 0.508 e. The van der Waals surface area contributed by atoms with E-state index in [0.29, 0.717) is 0 Å². The van der Waals surface area contributed by atoms with Crippen LogP contribution in [0.3, 0.4) is 0 Å². The fourth-order valence-corrected chi connectivity index (χ4v) is 3.18. The lowest BCUT2D eigenvalue weighted by atomic mass is 9.91. The monoisotopic (exact) mass is 328 g/mol. The SMILES string of the molecule is Cc1ccc(C2CC(=Nc3ccccc3)N2c2ccc(O)cc2)cc1. The van der Waals surface area contributed by atoms with E-state index in [1.54, 1.807) is 12.1 Å². The Morgan fingerprint density at radius 1 is 0.880 bits per heavy atom. The number of aliphatic imine (C=N–C) groups is 1. The van der Waals surface area contributed by atoms with Gasteiger partial charge < -0.3 is 10.0 Å². The van der Waals surface area contributed by atoms with Gasteiger partial charge in [-0.2, -0.15) is 0 Å². The van der Waals surface area contributed by atoms with E-state index in [1.165, 1.54) is 11.1 Å². The van der Waals surface area contributed by atoms with Crippen LogP contribution < -0.4 is 4.90 Å².